The minimum atomic E-state index is -0.662. The van der Waals surface area contributed by atoms with E-state index in [1.165, 1.54) is 28.1 Å². The molecule has 4 heterocycles. The van der Waals surface area contributed by atoms with E-state index in [0.717, 1.165) is 12.8 Å². The number of aromatic nitrogens is 5. The van der Waals surface area contributed by atoms with Crippen LogP contribution in [-0.2, 0) is 11.3 Å². The standard InChI is InChI=1S/C22H24N6O4/c1-15-21(32-18-5-3-2-4-17(18)31-15)22(30)26-10-8-16(9-11-26)12-27-20(29)7-6-19(25-27)28-14-23-13-24-28/h2-7,13-16,21H,8-12H2,1H3. The van der Waals surface area contributed by atoms with Crippen molar-refractivity contribution >= 4 is 5.91 Å². The lowest BCUT2D eigenvalue weighted by atomic mass is 9.96. The van der Waals surface area contributed by atoms with E-state index in [1.54, 1.807) is 6.07 Å². The highest BCUT2D eigenvalue weighted by Crippen LogP contribution is 2.34. The summed E-state index contributed by atoms with van der Waals surface area (Å²) in [6.45, 7) is 3.56. The zero-order valence-corrected chi connectivity index (χ0v) is 17.7. The Balaban J connectivity index is 1.21. The molecule has 1 amide bonds. The number of hydrogen-bond acceptors (Lipinski definition) is 7. The van der Waals surface area contributed by atoms with Gasteiger partial charge in [-0.15, -0.1) is 5.10 Å². The van der Waals surface area contributed by atoms with Crippen molar-refractivity contribution in [3.05, 3.63) is 59.4 Å². The minimum Gasteiger partial charge on any atom is -0.482 e. The lowest BCUT2D eigenvalue weighted by molar-refractivity contribution is -0.145. The highest BCUT2D eigenvalue weighted by Gasteiger charge is 2.38. The summed E-state index contributed by atoms with van der Waals surface area (Å²) in [6.07, 6.45) is 3.50. The molecule has 0 bridgehead atoms. The Kier molecular flexibility index (Phi) is 5.34. The van der Waals surface area contributed by atoms with Crippen LogP contribution < -0.4 is 15.0 Å². The van der Waals surface area contributed by atoms with E-state index >= 15 is 0 Å². The molecular formula is C22H24N6O4. The summed E-state index contributed by atoms with van der Waals surface area (Å²) < 4.78 is 14.8. The molecule has 0 N–H and O–H groups in total. The van der Waals surface area contributed by atoms with Crippen LogP contribution in [0.1, 0.15) is 19.8 Å². The highest BCUT2D eigenvalue weighted by atomic mass is 16.6. The molecule has 0 radical (unpaired) electrons. The summed E-state index contributed by atoms with van der Waals surface area (Å²) in [6, 6.07) is 10.5. The Morgan fingerprint density at radius 3 is 2.56 bits per heavy atom. The van der Waals surface area contributed by atoms with Gasteiger partial charge >= 0.3 is 0 Å². The van der Waals surface area contributed by atoms with E-state index in [4.69, 9.17) is 9.47 Å². The van der Waals surface area contributed by atoms with Gasteiger partial charge < -0.3 is 14.4 Å². The van der Waals surface area contributed by atoms with Gasteiger partial charge in [-0.2, -0.15) is 5.10 Å². The Morgan fingerprint density at radius 1 is 1.09 bits per heavy atom. The number of carbonyl (C=O) groups is 1. The largest absolute Gasteiger partial charge is 0.482 e. The van der Waals surface area contributed by atoms with Crippen LogP contribution in [0.4, 0.5) is 0 Å². The van der Waals surface area contributed by atoms with Crippen LogP contribution in [0, 0.1) is 5.92 Å². The van der Waals surface area contributed by atoms with Crippen molar-refractivity contribution in [2.75, 3.05) is 13.1 Å². The molecule has 2 aliphatic heterocycles. The van der Waals surface area contributed by atoms with E-state index in [9.17, 15) is 9.59 Å². The Morgan fingerprint density at radius 2 is 1.84 bits per heavy atom. The van der Waals surface area contributed by atoms with Crippen molar-refractivity contribution in [2.45, 2.75) is 38.5 Å². The molecule has 0 aliphatic carbocycles. The number of hydrogen-bond donors (Lipinski definition) is 0. The zero-order valence-electron chi connectivity index (χ0n) is 17.7. The van der Waals surface area contributed by atoms with Gasteiger partial charge in [0.2, 0.25) is 6.10 Å². The van der Waals surface area contributed by atoms with E-state index in [0.29, 0.717) is 37.0 Å². The molecule has 2 unspecified atom stereocenters. The third-order valence-electron chi connectivity index (χ3n) is 5.95. The second-order valence-electron chi connectivity index (χ2n) is 8.13. The molecule has 1 fully saturated rings. The van der Waals surface area contributed by atoms with Crippen LogP contribution in [0.3, 0.4) is 0 Å². The van der Waals surface area contributed by atoms with Gasteiger partial charge in [0, 0.05) is 25.7 Å². The van der Waals surface area contributed by atoms with Gasteiger partial charge in [0.15, 0.2) is 17.3 Å². The monoisotopic (exact) mass is 436 g/mol. The van der Waals surface area contributed by atoms with Gasteiger partial charge in [0.05, 0.1) is 0 Å². The van der Waals surface area contributed by atoms with E-state index in [2.05, 4.69) is 15.2 Å². The van der Waals surface area contributed by atoms with Gasteiger partial charge in [-0.3, -0.25) is 9.59 Å². The number of para-hydroxylation sites is 2. The second-order valence-corrected chi connectivity index (χ2v) is 8.13. The fraction of sp³-hybridized carbons (Fsp3) is 0.409. The summed E-state index contributed by atoms with van der Waals surface area (Å²) in [7, 11) is 0. The predicted octanol–water partition coefficient (Wildman–Crippen LogP) is 1.29. The van der Waals surface area contributed by atoms with Gasteiger partial charge in [0.1, 0.15) is 18.8 Å². The number of carbonyl (C=O) groups excluding carboxylic acids is 1. The average molecular weight is 436 g/mol. The van der Waals surface area contributed by atoms with Crippen LogP contribution in [0.25, 0.3) is 5.82 Å². The Labute approximate surface area is 184 Å². The number of rotatable bonds is 4. The molecule has 3 aromatic rings. The number of ether oxygens (including phenoxy) is 2. The van der Waals surface area contributed by atoms with Crippen LogP contribution in [-0.4, -0.2) is 60.6 Å². The molecule has 5 rings (SSSR count). The summed E-state index contributed by atoms with van der Waals surface area (Å²) in [5.41, 5.74) is -0.160. The summed E-state index contributed by atoms with van der Waals surface area (Å²) >= 11 is 0. The quantitative estimate of drug-likeness (QED) is 0.607. The summed E-state index contributed by atoms with van der Waals surface area (Å²) in [4.78, 5) is 31.1. The maximum atomic E-state index is 13.1. The molecule has 0 saturated carbocycles. The van der Waals surface area contributed by atoms with E-state index in [1.807, 2.05) is 36.1 Å². The minimum absolute atomic E-state index is 0.0612. The molecule has 1 aromatic carbocycles. The Bertz CT molecular complexity index is 1150. The van der Waals surface area contributed by atoms with Crippen molar-refractivity contribution < 1.29 is 14.3 Å². The van der Waals surface area contributed by atoms with Gasteiger partial charge in [0.25, 0.3) is 11.5 Å². The smallest absolute Gasteiger partial charge is 0.267 e. The summed E-state index contributed by atoms with van der Waals surface area (Å²) in [5.74, 6) is 1.98. The fourth-order valence-electron chi connectivity index (χ4n) is 4.17. The first-order valence-corrected chi connectivity index (χ1v) is 10.7. The number of amides is 1. The van der Waals surface area contributed by atoms with Crippen LogP contribution in [0.5, 0.6) is 11.5 Å². The Hall–Kier alpha value is -3.69. The van der Waals surface area contributed by atoms with Crippen LogP contribution in [0.15, 0.2) is 53.8 Å². The molecule has 2 aromatic heterocycles. The molecule has 10 nitrogen and oxygen atoms in total. The van der Waals surface area contributed by atoms with Crippen LogP contribution in [0.2, 0.25) is 0 Å². The van der Waals surface area contributed by atoms with Crippen molar-refractivity contribution in [3.63, 3.8) is 0 Å². The number of likely N-dealkylation sites (tertiary alicyclic amines) is 1. The highest BCUT2D eigenvalue weighted by molar-refractivity contribution is 5.82. The topological polar surface area (TPSA) is 104 Å². The van der Waals surface area contributed by atoms with Crippen LogP contribution >= 0.6 is 0 Å². The van der Waals surface area contributed by atoms with Gasteiger partial charge in [-0.05, 0) is 43.9 Å². The SMILES string of the molecule is CC1Oc2ccccc2OC1C(=O)N1CCC(Cn2nc(-n3cncn3)ccc2=O)CC1. The number of fused-ring (bicyclic) bond motifs is 1. The number of piperidine rings is 1. The maximum Gasteiger partial charge on any atom is 0.267 e. The molecule has 10 heteroatoms. The maximum absolute atomic E-state index is 13.1. The normalized spacial score (nSPS) is 20.8. The predicted molar refractivity (Wildman–Crippen MR) is 114 cm³/mol. The van der Waals surface area contributed by atoms with E-state index in [-0.39, 0.29) is 23.5 Å². The van der Waals surface area contributed by atoms with Crippen molar-refractivity contribution in [1.82, 2.24) is 29.4 Å². The third kappa shape index (κ3) is 3.95. The molecule has 1 saturated heterocycles. The summed E-state index contributed by atoms with van der Waals surface area (Å²) in [5, 5.41) is 8.47. The second kappa shape index (κ2) is 8.45. The lowest BCUT2D eigenvalue weighted by Gasteiger charge is -2.37. The zero-order chi connectivity index (χ0) is 22.1. The van der Waals surface area contributed by atoms with Gasteiger partial charge in [-0.25, -0.2) is 14.3 Å². The molecule has 2 aliphatic rings. The fourth-order valence-corrected chi connectivity index (χ4v) is 4.17. The molecule has 166 valence electrons. The molecular weight excluding hydrogens is 412 g/mol. The van der Waals surface area contributed by atoms with Crippen molar-refractivity contribution in [1.29, 1.82) is 0 Å². The average Bonchev–Trinajstić information content (AvgIpc) is 3.35. The first-order valence-electron chi connectivity index (χ1n) is 10.7. The van der Waals surface area contributed by atoms with E-state index < -0.39 is 6.10 Å². The third-order valence-corrected chi connectivity index (χ3v) is 5.95. The van der Waals surface area contributed by atoms with Crippen molar-refractivity contribution in [3.8, 4) is 17.3 Å². The first kappa shape index (κ1) is 20.2. The number of benzene rings is 1. The van der Waals surface area contributed by atoms with Crippen molar-refractivity contribution in [2.24, 2.45) is 5.92 Å². The van der Waals surface area contributed by atoms with Gasteiger partial charge in [-0.1, -0.05) is 12.1 Å². The molecule has 2 atom stereocenters. The first-order chi connectivity index (χ1) is 15.6. The molecule has 0 spiro atoms. The lowest BCUT2D eigenvalue weighted by Crippen LogP contribution is -2.52. The number of nitrogens with zero attached hydrogens (tertiary/aromatic N) is 6. The molecule has 32 heavy (non-hydrogen) atoms.